The third kappa shape index (κ3) is 3.99. The van der Waals surface area contributed by atoms with Crippen molar-refractivity contribution < 1.29 is 27.6 Å². The number of halogens is 4. The zero-order chi connectivity index (χ0) is 18.2. The molecule has 0 bridgehead atoms. The molecule has 1 fully saturated rings. The lowest BCUT2D eigenvalue weighted by molar-refractivity contribution is -0.188. The first-order valence-electron chi connectivity index (χ1n) is 7.70. The molecule has 0 aliphatic carbocycles. The topological polar surface area (TPSA) is 79.5 Å². The summed E-state index contributed by atoms with van der Waals surface area (Å²) in [6.45, 7) is 0.994. The molecule has 3 atom stereocenters. The van der Waals surface area contributed by atoms with Crippen molar-refractivity contribution in [2.45, 2.75) is 19.1 Å². The van der Waals surface area contributed by atoms with Crippen molar-refractivity contribution in [3.8, 4) is 11.4 Å². The second-order valence-corrected chi connectivity index (χ2v) is 6.04. The number of nitrogens with zero attached hydrogens (tertiary/aromatic N) is 3. The highest BCUT2D eigenvalue weighted by molar-refractivity contribution is 5.85. The summed E-state index contributed by atoms with van der Waals surface area (Å²) in [6.07, 6.45) is -4.57. The van der Waals surface area contributed by atoms with Gasteiger partial charge in [-0.25, -0.2) is 0 Å². The third-order valence-corrected chi connectivity index (χ3v) is 4.46. The smallest absolute Gasteiger partial charge is 0.393 e. The zero-order valence-electron chi connectivity index (χ0n) is 13.7. The molecule has 0 radical (unpaired) electrons. The van der Waals surface area contributed by atoms with Crippen LogP contribution in [0.1, 0.15) is 18.9 Å². The van der Waals surface area contributed by atoms with Gasteiger partial charge in [-0.05, 0) is 6.92 Å². The number of likely N-dealkylation sites (tertiary alicyclic amines) is 1. The second kappa shape index (κ2) is 7.63. The molecule has 1 unspecified atom stereocenters. The standard InChI is InChI=1S/C16H16F3N3O3.ClH/c1-9(14-20-13(21-25-14)10-5-3-2-4-6-10)22-7-11(15(23)24)12(8-22)16(17,18)19;/h2-6,9,11-12H,7-8H2,1H3,(H,23,24);1H/t9?,11-,12-;/m1./s1. The molecule has 1 aliphatic heterocycles. The Kier molecular flexibility index (Phi) is 5.92. The number of carboxylic acid groups (broad SMARTS) is 1. The summed E-state index contributed by atoms with van der Waals surface area (Å²) < 4.78 is 44.5. The number of carbonyl (C=O) groups is 1. The first-order valence-corrected chi connectivity index (χ1v) is 7.70. The van der Waals surface area contributed by atoms with Crippen LogP contribution in [0.5, 0.6) is 0 Å². The number of hydrogen-bond donors (Lipinski definition) is 1. The second-order valence-electron chi connectivity index (χ2n) is 6.04. The Morgan fingerprint density at radius 1 is 1.31 bits per heavy atom. The number of aromatic nitrogens is 2. The van der Waals surface area contributed by atoms with Gasteiger partial charge in [-0.1, -0.05) is 35.5 Å². The number of alkyl halides is 3. The van der Waals surface area contributed by atoms with Gasteiger partial charge >= 0.3 is 12.1 Å². The lowest BCUT2D eigenvalue weighted by atomic mass is 9.96. The maximum Gasteiger partial charge on any atom is 0.393 e. The Hall–Kier alpha value is -2.13. The SMILES string of the molecule is CC(c1nc(-c2ccccc2)no1)N1C[C@@H](C(F)(F)F)[C@H](C(=O)O)C1.Cl. The summed E-state index contributed by atoms with van der Waals surface area (Å²) in [5.74, 6) is -4.37. The van der Waals surface area contributed by atoms with Crippen molar-refractivity contribution >= 4 is 18.4 Å². The number of aliphatic carboxylic acids is 1. The maximum absolute atomic E-state index is 13.1. The predicted molar refractivity (Wildman–Crippen MR) is 87.6 cm³/mol. The highest BCUT2D eigenvalue weighted by Gasteiger charge is 2.53. The first kappa shape index (κ1) is 20.2. The van der Waals surface area contributed by atoms with E-state index in [1.807, 2.05) is 6.07 Å². The van der Waals surface area contributed by atoms with Crippen LogP contribution < -0.4 is 0 Å². The molecule has 10 heteroatoms. The summed E-state index contributed by atoms with van der Waals surface area (Å²) in [7, 11) is 0. The van der Waals surface area contributed by atoms with E-state index in [1.54, 1.807) is 31.2 Å². The maximum atomic E-state index is 13.1. The summed E-state index contributed by atoms with van der Waals surface area (Å²) in [4.78, 5) is 16.8. The lowest BCUT2D eigenvalue weighted by Gasteiger charge is -2.21. The molecule has 6 nitrogen and oxygen atoms in total. The van der Waals surface area contributed by atoms with Gasteiger partial charge < -0.3 is 9.63 Å². The molecule has 1 aliphatic rings. The van der Waals surface area contributed by atoms with E-state index >= 15 is 0 Å². The summed E-state index contributed by atoms with van der Waals surface area (Å²) in [5, 5.41) is 12.9. The fourth-order valence-corrected chi connectivity index (χ4v) is 3.00. The molecule has 0 amide bonds. The van der Waals surface area contributed by atoms with Crippen molar-refractivity contribution in [1.82, 2.24) is 15.0 Å². The highest BCUT2D eigenvalue weighted by atomic mass is 35.5. The van der Waals surface area contributed by atoms with Gasteiger partial charge in [-0.2, -0.15) is 18.2 Å². The van der Waals surface area contributed by atoms with Crippen LogP contribution in [0.4, 0.5) is 13.2 Å². The van der Waals surface area contributed by atoms with Gasteiger partial charge in [0, 0.05) is 18.7 Å². The van der Waals surface area contributed by atoms with Crippen LogP contribution in [0.2, 0.25) is 0 Å². The monoisotopic (exact) mass is 391 g/mol. The number of hydrogen-bond acceptors (Lipinski definition) is 5. The van der Waals surface area contributed by atoms with E-state index in [1.165, 1.54) is 4.90 Å². The first-order chi connectivity index (χ1) is 11.8. The van der Waals surface area contributed by atoms with Crippen molar-refractivity contribution in [3.63, 3.8) is 0 Å². The number of carboxylic acids is 1. The van der Waals surface area contributed by atoms with Gasteiger partial charge in [-0.3, -0.25) is 9.69 Å². The van der Waals surface area contributed by atoms with Crippen LogP contribution >= 0.6 is 12.4 Å². The van der Waals surface area contributed by atoms with E-state index in [9.17, 15) is 18.0 Å². The van der Waals surface area contributed by atoms with Crippen molar-refractivity contribution in [2.75, 3.05) is 13.1 Å². The summed E-state index contributed by atoms with van der Waals surface area (Å²) in [6, 6.07) is 8.41. The van der Waals surface area contributed by atoms with Crippen LogP contribution in [-0.2, 0) is 4.79 Å². The molecule has 1 aromatic carbocycles. The average molecular weight is 392 g/mol. The molecule has 1 aromatic heterocycles. The largest absolute Gasteiger partial charge is 0.481 e. The minimum absolute atomic E-state index is 0. The van der Waals surface area contributed by atoms with E-state index in [-0.39, 0.29) is 24.8 Å². The molecule has 142 valence electrons. The molecule has 2 heterocycles. The number of benzene rings is 1. The van der Waals surface area contributed by atoms with Gasteiger partial charge in [0.05, 0.1) is 17.9 Å². The lowest BCUT2D eigenvalue weighted by Crippen LogP contribution is -2.33. The Bertz CT molecular complexity index is 754. The van der Waals surface area contributed by atoms with Crippen LogP contribution in [0.15, 0.2) is 34.9 Å². The van der Waals surface area contributed by atoms with E-state index in [0.29, 0.717) is 5.82 Å². The molecule has 3 rings (SSSR count). The van der Waals surface area contributed by atoms with E-state index in [0.717, 1.165) is 5.56 Å². The van der Waals surface area contributed by atoms with Crippen LogP contribution in [0.3, 0.4) is 0 Å². The zero-order valence-corrected chi connectivity index (χ0v) is 14.5. The Balaban J connectivity index is 0.00000243. The quantitative estimate of drug-likeness (QED) is 0.860. The highest BCUT2D eigenvalue weighted by Crippen LogP contribution is 2.40. The van der Waals surface area contributed by atoms with Crippen molar-refractivity contribution in [2.24, 2.45) is 11.8 Å². The minimum Gasteiger partial charge on any atom is -0.481 e. The molecular weight excluding hydrogens is 375 g/mol. The molecule has 26 heavy (non-hydrogen) atoms. The van der Waals surface area contributed by atoms with Crippen LogP contribution in [-0.4, -0.2) is 45.4 Å². The van der Waals surface area contributed by atoms with Crippen LogP contribution in [0, 0.1) is 11.8 Å². The van der Waals surface area contributed by atoms with Crippen molar-refractivity contribution in [3.05, 3.63) is 36.2 Å². The average Bonchev–Trinajstić information content (AvgIpc) is 3.22. The third-order valence-electron chi connectivity index (χ3n) is 4.46. The Morgan fingerprint density at radius 3 is 2.50 bits per heavy atom. The molecule has 0 spiro atoms. The molecule has 0 saturated carbocycles. The van der Waals surface area contributed by atoms with Crippen molar-refractivity contribution in [1.29, 1.82) is 0 Å². The molecular formula is C16H17ClF3N3O3. The summed E-state index contributed by atoms with van der Waals surface area (Å²) >= 11 is 0. The van der Waals surface area contributed by atoms with Crippen LogP contribution in [0.25, 0.3) is 11.4 Å². The van der Waals surface area contributed by atoms with E-state index in [2.05, 4.69) is 10.1 Å². The Morgan fingerprint density at radius 2 is 1.96 bits per heavy atom. The normalized spacial score (nSPS) is 22.0. The Labute approximate surface area is 153 Å². The minimum atomic E-state index is -4.57. The van der Waals surface area contributed by atoms with Gasteiger partial charge in [0.1, 0.15) is 0 Å². The summed E-state index contributed by atoms with van der Waals surface area (Å²) in [5.41, 5.74) is 0.725. The fourth-order valence-electron chi connectivity index (χ4n) is 3.00. The van der Waals surface area contributed by atoms with E-state index < -0.39 is 36.6 Å². The van der Waals surface area contributed by atoms with Gasteiger partial charge in [-0.15, -0.1) is 12.4 Å². The number of rotatable bonds is 4. The molecule has 1 saturated heterocycles. The fraction of sp³-hybridized carbons (Fsp3) is 0.438. The van der Waals surface area contributed by atoms with E-state index in [4.69, 9.17) is 9.63 Å². The molecule has 2 aromatic rings. The van der Waals surface area contributed by atoms with Gasteiger partial charge in [0.15, 0.2) is 0 Å². The van der Waals surface area contributed by atoms with Gasteiger partial charge in [0.2, 0.25) is 11.7 Å². The van der Waals surface area contributed by atoms with Gasteiger partial charge in [0.25, 0.3) is 0 Å². The predicted octanol–water partition coefficient (Wildman–Crippen LogP) is 3.41. The molecule has 1 N–H and O–H groups in total.